The van der Waals surface area contributed by atoms with Crippen LogP contribution in [0.25, 0.3) is 0 Å². The molecule has 1 aliphatic rings. The Hall–Kier alpha value is -2.41. The second kappa shape index (κ2) is 8.99. The van der Waals surface area contributed by atoms with Crippen molar-refractivity contribution in [2.75, 3.05) is 19.8 Å². The van der Waals surface area contributed by atoms with Crippen molar-refractivity contribution in [1.82, 2.24) is 15.8 Å². The Kier molecular flexibility index (Phi) is 6.45. The number of fused-ring (bicyclic) bond motifs is 1. The summed E-state index contributed by atoms with van der Waals surface area (Å²) >= 11 is 6.29. The maximum atomic E-state index is 6.29. The SMILES string of the molecule is CCNC(=NCc1cc(Cl)c2c(c1)OCCO2)NCc1cc(C(C)C)no1. The Bertz CT molecular complexity index is 804. The standard InChI is InChI=1S/C19H25ClN4O3/c1-4-21-19(23-11-14-9-16(12(2)3)24-27-14)22-10-13-7-15(20)18-17(8-13)25-5-6-26-18/h7-9,12H,4-6,10-11H2,1-3H3,(H2,21,22,23). The van der Waals surface area contributed by atoms with E-state index in [1.54, 1.807) is 0 Å². The number of rotatable bonds is 6. The van der Waals surface area contributed by atoms with Crippen LogP contribution in [0.15, 0.2) is 27.7 Å². The Morgan fingerprint density at radius 3 is 2.78 bits per heavy atom. The number of halogens is 1. The quantitative estimate of drug-likeness (QED) is 0.578. The van der Waals surface area contributed by atoms with E-state index in [4.69, 9.17) is 25.6 Å². The molecule has 0 saturated heterocycles. The minimum Gasteiger partial charge on any atom is -0.486 e. The van der Waals surface area contributed by atoms with Crippen LogP contribution in [0.1, 0.15) is 43.7 Å². The molecule has 2 N–H and O–H groups in total. The lowest BCUT2D eigenvalue weighted by molar-refractivity contribution is 0.171. The van der Waals surface area contributed by atoms with Gasteiger partial charge >= 0.3 is 0 Å². The van der Waals surface area contributed by atoms with Gasteiger partial charge in [0.15, 0.2) is 23.2 Å². The second-order valence-corrected chi connectivity index (χ2v) is 6.93. The zero-order chi connectivity index (χ0) is 19.2. The van der Waals surface area contributed by atoms with Crippen LogP contribution in [0.4, 0.5) is 0 Å². The third kappa shape index (κ3) is 5.07. The zero-order valence-electron chi connectivity index (χ0n) is 15.8. The summed E-state index contributed by atoms with van der Waals surface area (Å²) < 4.78 is 16.5. The average molecular weight is 393 g/mol. The van der Waals surface area contributed by atoms with E-state index < -0.39 is 0 Å². The predicted octanol–water partition coefficient (Wildman–Crippen LogP) is 3.48. The van der Waals surface area contributed by atoms with Gasteiger partial charge in [-0.05, 0) is 30.5 Å². The molecular formula is C19H25ClN4O3. The number of nitrogens with one attached hydrogen (secondary N) is 2. The van der Waals surface area contributed by atoms with Gasteiger partial charge in [-0.1, -0.05) is 30.6 Å². The first-order chi connectivity index (χ1) is 13.1. The number of benzene rings is 1. The minimum atomic E-state index is 0.337. The van der Waals surface area contributed by atoms with Crippen LogP contribution in [0.2, 0.25) is 5.02 Å². The van der Waals surface area contributed by atoms with Crippen molar-refractivity contribution in [1.29, 1.82) is 0 Å². The highest BCUT2D eigenvalue weighted by Crippen LogP contribution is 2.38. The Morgan fingerprint density at radius 2 is 2.04 bits per heavy atom. The van der Waals surface area contributed by atoms with Gasteiger partial charge in [-0.25, -0.2) is 4.99 Å². The first-order valence-electron chi connectivity index (χ1n) is 9.12. The van der Waals surface area contributed by atoms with E-state index in [2.05, 4.69) is 34.6 Å². The summed E-state index contributed by atoms with van der Waals surface area (Å²) in [4.78, 5) is 4.61. The van der Waals surface area contributed by atoms with Crippen molar-refractivity contribution >= 4 is 17.6 Å². The van der Waals surface area contributed by atoms with Crippen LogP contribution in [0.5, 0.6) is 11.5 Å². The molecule has 0 bridgehead atoms. The van der Waals surface area contributed by atoms with Gasteiger partial charge in [0.25, 0.3) is 0 Å². The van der Waals surface area contributed by atoms with Crippen LogP contribution >= 0.6 is 11.6 Å². The van der Waals surface area contributed by atoms with E-state index in [-0.39, 0.29) is 0 Å². The van der Waals surface area contributed by atoms with Gasteiger partial charge < -0.3 is 24.6 Å². The maximum Gasteiger partial charge on any atom is 0.191 e. The number of aromatic nitrogens is 1. The van der Waals surface area contributed by atoms with E-state index in [0.717, 1.165) is 23.6 Å². The van der Waals surface area contributed by atoms with Gasteiger partial charge in [-0.15, -0.1) is 0 Å². The molecular weight excluding hydrogens is 368 g/mol. The molecule has 0 unspecified atom stereocenters. The van der Waals surface area contributed by atoms with Gasteiger partial charge in [0, 0.05) is 12.6 Å². The summed E-state index contributed by atoms with van der Waals surface area (Å²) in [5.74, 6) is 3.06. The Balaban J connectivity index is 1.65. The molecule has 2 heterocycles. The fourth-order valence-corrected chi connectivity index (χ4v) is 2.91. The molecule has 7 nitrogen and oxygen atoms in total. The van der Waals surface area contributed by atoms with Crippen molar-refractivity contribution < 1.29 is 14.0 Å². The lowest BCUT2D eigenvalue weighted by Crippen LogP contribution is -2.36. The second-order valence-electron chi connectivity index (χ2n) is 6.52. The lowest BCUT2D eigenvalue weighted by atomic mass is 10.1. The van der Waals surface area contributed by atoms with Gasteiger partial charge in [-0.3, -0.25) is 0 Å². The number of ether oxygens (including phenoxy) is 2. The summed E-state index contributed by atoms with van der Waals surface area (Å²) in [6.45, 7) is 8.93. The van der Waals surface area contributed by atoms with E-state index in [1.165, 1.54) is 0 Å². The molecule has 0 aliphatic carbocycles. The monoisotopic (exact) mass is 392 g/mol. The van der Waals surface area contributed by atoms with E-state index in [1.807, 2.05) is 25.1 Å². The minimum absolute atomic E-state index is 0.337. The first-order valence-corrected chi connectivity index (χ1v) is 9.50. The number of guanidine groups is 1. The highest BCUT2D eigenvalue weighted by molar-refractivity contribution is 6.32. The van der Waals surface area contributed by atoms with Crippen molar-refractivity contribution in [3.8, 4) is 11.5 Å². The third-order valence-corrected chi connectivity index (χ3v) is 4.30. The molecule has 0 atom stereocenters. The topological polar surface area (TPSA) is 80.9 Å². The van der Waals surface area contributed by atoms with Crippen molar-refractivity contribution in [2.45, 2.75) is 39.8 Å². The van der Waals surface area contributed by atoms with Crippen molar-refractivity contribution in [3.63, 3.8) is 0 Å². The van der Waals surface area contributed by atoms with Gasteiger partial charge in [0.2, 0.25) is 0 Å². The molecule has 0 saturated carbocycles. The molecule has 1 aromatic carbocycles. The molecule has 146 valence electrons. The maximum absolute atomic E-state index is 6.29. The normalized spacial score (nSPS) is 13.7. The van der Waals surface area contributed by atoms with Crippen molar-refractivity contribution in [2.24, 2.45) is 4.99 Å². The van der Waals surface area contributed by atoms with Gasteiger partial charge in [0.05, 0.1) is 23.8 Å². The fourth-order valence-electron chi connectivity index (χ4n) is 2.62. The summed E-state index contributed by atoms with van der Waals surface area (Å²) in [6.07, 6.45) is 0. The van der Waals surface area contributed by atoms with E-state index in [0.29, 0.717) is 54.7 Å². The molecule has 27 heavy (non-hydrogen) atoms. The molecule has 0 amide bonds. The number of hydrogen-bond acceptors (Lipinski definition) is 5. The van der Waals surface area contributed by atoms with Crippen molar-refractivity contribution in [3.05, 3.63) is 40.2 Å². The van der Waals surface area contributed by atoms with Crippen LogP contribution in [-0.4, -0.2) is 30.9 Å². The smallest absolute Gasteiger partial charge is 0.191 e. The largest absolute Gasteiger partial charge is 0.486 e. The molecule has 1 aliphatic heterocycles. The average Bonchev–Trinajstić information content (AvgIpc) is 3.13. The lowest BCUT2D eigenvalue weighted by Gasteiger charge is -2.20. The Labute approximate surface area is 164 Å². The summed E-state index contributed by atoms with van der Waals surface area (Å²) in [5.41, 5.74) is 1.89. The molecule has 0 radical (unpaired) electrons. The van der Waals surface area contributed by atoms with Crippen LogP contribution < -0.4 is 20.1 Å². The van der Waals surface area contributed by atoms with E-state index in [9.17, 15) is 0 Å². The molecule has 2 aromatic rings. The highest BCUT2D eigenvalue weighted by atomic mass is 35.5. The van der Waals surface area contributed by atoms with E-state index >= 15 is 0 Å². The number of hydrogen-bond donors (Lipinski definition) is 2. The van der Waals surface area contributed by atoms with Crippen LogP contribution in [0.3, 0.4) is 0 Å². The number of aliphatic imine (C=N–C) groups is 1. The molecule has 1 aromatic heterocycles. The summed E-state index contributed by atoms with van der Waals surface area (Å²) in [6, 6.07) is 5.73. The Morgan fingerprint density at radius 1 is 1.22 bits per heavy atom. The number of nitrogens with zero attached hydrogens (tertiary/aromatic N) is 2. The first kappa shape index (κ1) is 19.4. The van der Waals surface area contributed by atoms with Gasteiger partial charge in [-0.2, -0.15) is 0 Å². The fraction of sp³-hybridized carbons (Fsp3) is 0.474. The van der Waals surface area contributed by atoms with Crippen LogP contribution in [-0.2, 0) is 13.1 Å². The zero-order valence-corrected chi connectivity index (χ0v) is 16.6. The van der Waals surface area contributed by atoms with Crippen LogP contribution in [0, 0.1) is 0 Å². The predicted molar refractivity (Wildman–Crippen MR) is 105 cm³/mol. The highest BCUT2D eigenvalue weighted by Gasteiger charge is 2.16. The van der Waals surface area contributed by atoms with Gasteiger partial charge in [0.1, 0.15) is 13.2 Å². The molecule has 3 rings (SSSR count). The molecule has 0 spiro atoms. The summed E-state index contributed by atoms with van der Waals surface area (Å²) in [7, 11) is 0. The third-order valence-electron chi connectivity index (χ3n) is 4.02. The molecule has 8 heteroatoms. The summed E-state index contributed by atoms with van der Waals surface area (Å²) in [5, 5.41) is 11.1. The molecule has 0 fully saturated rings.